The van der Waals surface area contributed by atoms with E-state index in [0.717, 1.165) is 14.7 Å². The van der Waals surface area contributed by atoms with E-state index in [4.69, 9.17) is 0 Å². The molecule has 0 atom stereocenters. The number of carbonyl (C=O) groups excluding carboxylic acids is 2. The van der Waals surface area contributed by atoms with E-state index in [0.29, 0.717) is 16.7 Å². The summed E-state index contributed by atoms with van der Waals surface area (Å²) in [5.41, 5.74) is 1.91. The predicted octanol–water partition coefficient (Wildman–Crippen LogP) is 8.04. The molecule has 0 aromatic heterocycles. The molecule has 0 bridgehead atoms. The van der Waals surface area contributed by atoms with E-state index >= 15 is 0 Å². The summed E-state index contributed by atoms with van der Waals surface area (Å²) in [6.45, 7) is 0. The van der Waals surface area contributed by atoms with E-state index in [9.17, 15) is 9.59 Å². The van der Waals surface area contributed by atoms with Gasteiger partial charge < -0.3 is 0 Å². The van der Waals surface area contributed by atoms with Crippen molar-refractivity contribution in [3.63, 3.8) is 0 Å². The van der Waals surface area contributed by atoms with Crippen LogP contribution in [0.3, 0.4) is 0 Å². The van der Waals surface area contributed by atoms with Crippen LogP contribution in [0.4, 0.5) is 0 Å². The van der Waals surface area contributed by atoms with E-state index in [-0.39, 0.29) is 10.9 Å². The van der Waals surface area contributed by atoms with Crippen molar-refractivity contribution in [3.8, 4) is 0 Å². The topological polar surface area (TPSA) is 34.1 Å². The van der Waals surface area contributed by atoms with E-state index in [2.05, 4.69) is 0 Å². The van der Waals surface area contributed by atoms with Crippen molar-refractivity contribution >= 4 is 20.9 Å². The van der Waals surface area contributed by atoms with Gasteiger partial charge in [-0.3, -0.25) is 9.59 Å². The molecule has 0 heterocycles. The zero-order valence-electron chi connectivity index (χ0n) is 19.1. The Morgan fingerprint density at radius 3 is 1.17 bits per heavy atom. The summed E-state index contributed by atoms with van der Waals surface area (Å²) in [6.07, 6.45) is 0. The molecule has 0 N–H and O–H groups in total. The first kappa shape index (κ1) is 22.6. The smallest absolute Gasteiger partial charge is 0.214 e. The molecule has 0 amide bonds. The lowest BCUT2D eigenvalue weighted by atomic mass is 10.0. The van der Waals surface area contributed by atoms with Crippen LogP contribution in [0.15, 0.2) is 160 Å². The third-order valence-electron chi connectivity index (χ3n) is 5.99. The lowest BCUT2D eigenvalue weighted by molar-refractivity contribution is 0.103. The quantitative estimate of drug-likeness (QED) is 0.234. The third kappa shape index (κ3) is 4.23. The average Bonchev–Trinajstić information content (AvgIpc) is 2.95. The van der Waals surface area contributed by atoms with Crippen molar-refractivity contribution < 1.29 is 9.59 Å². The van der Waals surface area contributed by atoms with Gasteiger partial charge >= 0.3 is 0 Å². The van der Waals surface area contributed by atoms with Gasteiger partial charge in [-0.05, 0) is 48.5 Å². The van der Waals surface area contributed by atoms with Gasteiger partial charge in [0, 0.05) is 31.4 Å². The first-order valence-corrected chi connectivity index (χ1v) is 13.1. The standard InChI is InChI=1S/C32H24O2S/c33-31(25-13-5-1-6-14-25)26-21-23-30(24-22-26)35(28-17-9-3-10-18-28,29-19-11-4-12-20-29)32(34)27-15-7-2-8-16-27/h1-24H. The van der Waals surface area contributed by atoms with Crippen molar-refractivity contribution in [2.75, 3.05) is 0 Å². The van der Waals surface area contributed by atoms with E-state index in [1.807, 2.05) is 146 Å². The molecule has 3 heteroatoms. The second-order valence-electron chi connectivity index (χ2n) is 8.11. The molecule has 0 spiro atoms. The largest absolute Gasteiger partial charge is 0.289 e. The summed E-state index contributed by atoms with van der Waals surface area (Å²) in [5.74, 6) is -0.0356. The molecule has 0 aliphatic heterocycles. The molecule has 0 aliphatic carbocycles. The van der Waals surface area contributed by atoms with E-state index in [1.165, 1.54) is 0 Å². The second kappa shape index (κ2) is 9.96. The Hall–Kier alpha value is -4.21. The second-order valence-corrected chi connectivity index (χ2v) is 11.1. The maximum Gasteiger partial charge on any atom is 0.214 e. The fraction of sp³-hybridized carbons (Fsp3) is 0. The molecular weight excluding hydrogens is 448 g/mol. The van der Waals surface area contributed by atoms with Gasteiger partial charge in [-0.25, -0.2) is 0 Å². The van der Waals surface area contributed by atoms with Gasteiger partial charge in [0.1, 0.15) is 0 Å². The molecule has 0 aliphatic rings. The fourth-order valence-corrected chi connectivity index (χ4v) is 7.92. The van der Waals surface area contributed by atoms with E-state index in [1.54, 1.807) is 0 Å². The maximum absolute atomic E-state index is 14.5. The SMILES string of the molecule is O=C(c1ccccc1)c1ccc(S(C(=O)c2ccccc2)(c2ccccc2)c2ccccc2)cc1. The average molecular weight is 473 g/mol. The summed E-state index contributed by atoms with van der Waals surface area (Å²) in [4.78, 5) is 30.3. The Balaban J connectivity index is 1.72. The van der Waals surface area contributed by atoms with Crippen LogP contribution in [0.2, 0.25) is 0 Å². The minimum Gasteiger partial charge on any atom is -0.289 e. The molecule has 170 valence electrons. The highest BCUT2D eigenvalue weighted by molar-refractivity contribution is 8.45. The van der Waals surface area contributed by atoms with Crippen molar-refractivity contribution in [1.29, 1.82) is 0 Å². The van der Waals surface area contributed by atoms with Gasteiger partial charge in [0.15, 0.2) is 5.78 Å². The maximum atomic E-state index is 14.5. The Bertz CT molecular complexity index is 1390. The molecular formula is C32H24O2S. The Morgan fingerprint density at radius 1 is 0.371 bits per heavy atom. The van der Waals surface area contributed by atoms with Gasteiger partial charge in [-0.15, -0.1) is 0 Å². The fourth-order valence-electron chi connectivity index (χ4n) is 4.30. The molecule has 35 heavy (non-hydrogen) atoms. The Labute approximate surface area is 207 Å². The van der Waals surface area contributed by atoms with Crippen LogP contribution >= 0.6 is 10.0 Å². The number of ketones is 1. The molecule has 5 aromatic rings. The summed E-state index contributed by atoms with van der Waals surface area (Å²) in [7, 11) is -2.32. The van der Waals surface area contributed by atoms with Gasteiger partial charge in [0.25, 0.3) is 0 Å². The van der Waals surface area contributed by atoms with Crippen LogP contribution < -0.4 is 0 Å². The van der Waals surface area contributed by atoms with Crippen LogP contribution in [0.1, 0.15) is 26.3 Å². The zero-order valence-corrected chi connectivity index (χ0v) is 19.9. The molecule has 0 saturated heterocycles. The van der Waals surface area contributed by atoms with Gasteiger partial charge in [0.05, 0.1) is 0 Å². The third-order valence-corrected chi connectivity index (χ3v) is 9.72. The molecule has 0 unspecified atom stereocenters. The number of hydrogen-bond donors (Lipinski definition) is 0. The molecule has 2 nitrogen and oxygen atoms in total. The predicted molar refractivity (Wildman–Crippen MR) is 142 cm³/mol. The highest BCUT2D eigenvalue weighted by Crippen LogP contribution is 2.69. The summed E-state index contributed by atoms with van der Waals surface area (Å²) in [6, 6.07) is 46.3. The minimum absolute atomic E-state index is 0.0356. The summed E-state index contributed by atoms with van der Waals surface area (Å²) in [5, 5.41) is 0.0673. The van der Waals surface area contributed by atoms with Crippen LogP contribution in [-0.2, 0) is 0 Å². The number of benzene rings is 5. The first-order chi connectivity index (χ1) is 17.2. The lowest BCUT2D eigenvalue weighted by Crippen LogP contribution is -2.15. The molecule has 0 fully saturated rings. The van der Waals surface area contributed by atoms with E-state index < -0.39 is 10.0 Å². The number of hydrogen-bond acceptors (Lipinski definition) is 2. The molecule has 5 aromatic carbocycles. The summed E-state index contributed by atoms with van der Waals surface area (Å²) < 4.78 is 0. The lowest BCUT2D eigenvalue weighted by Gasteiger charge is -2.39. The van der Waals surface area contributed by atoms with Gasteiger partial charge in [-0.1, -0.05) is 107 Å². The van der Waals surface area contributed by atoms with Crippen LogP contribution in [0.5, 0.6) is 0 Å². The van der Waals surface area contributed by atoms with Crippen molar-refractivity contribution in [3.05, 3.63) is 162 Å². The molecule has 5 rings (SSSR count). The molecule has 0 saturated carbocycles. The van der Waals surface area contributed by atoms with Gasteiger partial charge in [0.2, 0.25) is 5.12 Å². The Morgan fingerprint density at radius 2 is 0.714 bits per heavy atom. The van der Waals surface area contributed by atoms with Crippen molar-refractivity contribution in [2.45, 2.75) is 14.7 Å². The van der Waals surface area contributed by atoms with Gasteiger partial charge in [-0.2, -0.15) is 0 Å². The minimum atomic E-state index is -2.32. The highest BCUT2D eigenvalue weighted by Gasteiger charge is 2.39. The summed E-state index contributed by atoms with van der Waals surface area (Å²) >= 11 is 0. The van der Waals surface area contributed by atoms with Crippen molar-refractivity contribution in [1.82, 2.24) is 0 Å². The first-order valence-electron chi connectivity index (χ1n) is 11.4. The van der Waals surface area contributed by atoms with Crippen LogP contribution in [0.25, 0.3) is 0 Å². The Kier molecular flexibility index (Phi) is 6.42. The number of carbonyl (C=O) groups is 2. The normalized spacial score (nSPS) is 11.5. The van der Waals surface area contributed by atoms with Crippen LogP contribution in [0, 0.1) is 0 Å². The van der Waals surface area contributed by atoms with Crippen molar-refractivity contribution in [2.24, 2.45) is 0 Å². The number of rotatable bonds is 6. The zero-order chi connectivity index (χ0) is 24.1. The molecule has 0 radical (unpaired) electrons. The highest BCUT2D eigenvalue weighted by atomic mass is 32.3. The monoisotopic (exact) mass is 472 g/mol. The van der Waals surface area contributed by atoms with Crippen LogP contribution in [-0.4, -0.2) is 10.9 Å².